The van der Waals surface area contributed by atoms with Crippen molar-refractivity contribution >= 4 is 11.6 Å². The van der Waals surface area contributed by atoms with Crippen LogP contribution in [0.3, 0.4) is 0 Å². The van der Waals surface area contributed by atoms with Gasteiger partial charge in [-0.2, -0.15) is 0 Å². The van der Waals surface area contributed by atoms with Crippen molar-refractivity contribution in [2.75, 3.05) is 19.8 Å². The van der Waals surface area contributed by atoms with E-state index in [9.17, 15) is 5.11 Å². The molecule has 0 aliphatic rings. The number of hydrogen-bond acceptors (Lipinski definition) is 2. The second-order valence-corrected chi connectivity index (χ2v) is 5.39. The fourth-order valence-corrected chi connectivity index (χ4v) is 2.09. The van der Waals surface area contributed by atoms with E-state index in [2.05, 4.69) is 13.8 Å². The molecule has 0 amide bonds. The van der Waals surface area contributed by atoms with Crippen LogP contribution in [-0.4, -0.2) is 24.9 Å². The maximum atomic E-state index is 9.43. The van der Waals surface area contributed by atoms with Crippen LogP contribution in [0.25, 0.3) is 0 Å². The predicted octanol–water partition coefficient (Wildman–Crippen LogP) is 3.87. The van der Waals surface area contributed by atoms with Crippen molar-refractivity contribution in [2.24, 2.45) is 5.92 Å². The summed E-state index contributed by atoms with van der Waals surface area (Å²) >= 11 is 6.13. The maximum absolute atomic E-state index is 9.43. The third-order valence-electron chi connectivity index (χ3n) is 3.02. The summed E-state index contributed by atoms with van der Waals surface area (Å²) in [5, 5.41) is 10.2. The Morgan fingerprint density at radius 3 is 2.44 bits per heavy atom. The van der Waals surface area contributed by atoms with Gasteiger partial charge >= 0.3 is 0 Å². The number of aliphatic hydroxyl groups excluding tert-OH is 1. The first-order valence-corrected chi connectivity index (χ1v) is 6.96. The largest absolute Gasteiger partial charge is 0.396 e. The van der Waals surface area contributed by atoms with Crippen LogP contribution in [0.1, 0.15) is 38.2 Å². The third kappa shape index (κ3) is 5.38. The number of halogens is 1. The first kappa shape index (κ1) is 15.5. The second kappa shape index (κ2) is 8.52. The molecular formula is C15H23ClO2. The van der Waals surface area contributed by atoms with E-state index >= 15 is 0 Å². The normalized spacial score (nSPS) is 12.9. The Morgan fingerprint density at radius 2 is 1.83 bits per heavy atom. The van der Waals surface area contributed by atoms with Gasteiger partial charge in [-0.1, -0.05) is 43.6 Å². The van der Waals surface area contributed by atoms with Crippen molar-refractivity contribution in [2.45, 2.75) is 32.6 Å². The lowest BCUT2D eigenvalue weighted by molar-refractivity contribution is 0.110. The molecule has 18 heavy (non-hydrogen) atoms. The Morgan fingerprint density at radius 1 is 1.17 bits per heavy atom. The summed E-state index contributed by atoms with van der Waals surface area (Å²) in [5.74, 6) is 0.736. The van der Waals surface area contributed by atoms with Crippen LogP contribution >= 0.6 is 11.6 Å². The lowest BCUT2D eigenvalue weighted by atomic mass is 9.97. The Bertz CT molecular complexity index is 339. The molecule has 0 fully saturated rings. The summed E-state index contributed by atoms with van der Waals surface area (Å²) in [7, 11) is 0. The number of hydrogen-bond donors (Lipinski definition) is 1. The highest BCUT2D eigenvalue weighted by atomic mass is 35.5. The molecule has 1 atom stereocenters. The van der Waals surface area contributed by atoms with Crippen LogP contribution in [-0.2, 0) is 4.74 Å². The van der Waals surface area contributed by atoms with Crippen molar-refractivity contribution in [3.8, 4) is 0 Å². The fraction of sp³-hybridized carbons (Fsp3) is 0.600. The maximum Gasteiger partial charge on any atom is 0.0501 e. The van der Waals surface area contributed by atoms with Gasteiger partial charge in [0, 0.05) is 24.2 Å². The number of rotatable bonds is 8. The highest BCUT2D eigenvalue weighted by molar-refractivity contribution is 6.31. The number of ether oxygens (including phenoxy) is 1. The Balaban J connectivity index is 2.36. The molecule has 2 nitrogen and oxygen atoms in total. The van der Waals surface area contributed by atoms with E-state index in [0.29, 0.717) is 12.5 Å². The standard InChI is InChI=1S/C15H23ClO2/c1-12(2)7-9-18-10-8-13(11-17)14-5-3-4-6-15(14)16/h3-6,12-13,17H,7-11H2,1-2H3. The molecule has 0 saturated carbocycles. The molecule has 0 aliphatic carbocycles. The minimum Gasteiger partial charge on any atom is -0.396 e. The number of benzene rings is 1. The quantitative estimate of drug-likeness (QED) is 0.727. The van der Waals surface area contributed by atoms with E-state index in [-0.39, 0.29) is 12.5 Å². The van der Waals surface area contributed by atoms with Crippen molar-refractivity contribution in [3.63, 3.8) is 0 Å². The van der Waals surface area contributed by atoms with Crippen LogP contribution in [0.4, 0.5) is 0 Å². The molecule has 0 radical (unpaired) electrons. The Hall–Kier alpha value is -0.570. The van der Waals surface area contributed by atoms with Gasteiger partial charge in [0.2, 0.25) is 0 Å². The van der Waals surface area contributed by atoms with Gasteiger partial charge in [0.25, 0.3) is 0 Å². The van der Waals surface area contributed by atoms with E-state index < -0.39 is 0 Å². The zero-order chi connectivity index (χ0) is 13.4. The zero-order valence-electron chi connectivity index (χ0n) is 11.2. The molecular weight excluding hydrogens is 248 g/mol. The molecule has 0 aromatic heterocycles. The fourth-order valence-electron chi connectivity index (χ4n) is 1.80. The molecule has 1 unspecified atom stereocenters. The zero-order valence-corrected chi connectivity index (χ0v) is 12.0. The van der Waals surface area contributed by atoms with Crippen molar-refractivity contribution in [1.29, 1.82) is 0 Å². The van der Waals surface area contributed by atoms with Crippen molar-refractivity contribution in [1.82, 2.24) is 0 Å². The molecule has 0 heterocycles. The molecule has 1 aromatic carbocycles. The Kier molecular flexibility index (Phi) is 7.33. The Labute approximate surface area is 115 Å². The van der Waals surface area contributed by atoms with Gasteiger partial charge in [0.15, 0.2) is 0 Å². The van der Waals surface area contributed by atoms with Crippen LogP contribution in [0, 0.1) is 5.92 Å². The summed E-state index contributed by atoms with van der Waals surface area (Å²) in [5.41, 5.74) is 1.01. The minimum atomic E-state index is 0.0674. The first-order valence-electron chi connectivity index (χ1n) is 6.58. The molecule has 1 aromatic rings. The minimum absolute atomic E-state index is 0.0674. The molecule has 1 rings (SSSR count). The van der Waals surface area contributed by atoms with Crippen molar-refractivity contribution in [3.05, 3.63) is 34.9 Å². The van der Waals surface area contributed by atoms with Gasteiger partial charge in [-0.3, -0.25) is 0 Å². The average molecular weight is 271 g/mol. The molecule has 0 aliphatic heterocycles. The second-order valence-electron chi connectivity index (χ2n) is 4.98. The van der Waals surface area contributed by atoms with Gasteiger partial charge in [0.1, 0.15) is 0 Å². The van der Waals surface area contributed by atoms with E-state index in [0.717, 1.165) is 30.0 Å². The van der Waals surface area contributed by atoms with E-state index in [1.54, 1.807) is 0 Å². The molecule has 0 saturated heterocycles. The van der Waals surface area contributed by atoms with Crippen LogP contribution in [0.5, 0.6) is 0 Å². The highest BCUT2D eigenvalue weighted by Crippen LogP contribution is 2.26. The third-order valence-corrected chi connectivity index (χ3v) is 3.36. The van der Waals surface area contributed by atoms with E-state index in [4.69, 9.17) is 16.3 Å². The summed E-state index contributed by atoms with van der Waals surface area (Å²) < 4.78 is 5.58. The molecule has 102 valence electrons. The molecule has 0 bridgehead atoms. The molecule has 1 N–H and O–H groups in total. The average Bonchev–Trinajstić information content (AvgIpc) is 2.35. The van der Waals surface area contributed by atoms with Gasteiger partial charge in [-0.05, 0) is 30.4 Å². The topological polar surface area (TPSA) is 29.5 Å². The first-order chi connectivity index (χ1) is 8.65. The van der Waals surface area contributed by atoms with Crippen molar-refractivity contribution < 1.29 is 9.84 Å². The molecule has 0 spiro atoms. The van der Waals surface area contributed by atoms with E-state index in [1.807, 2.05) is 24.3 Å². The lowest BCUT2D eigenvalue weighted by Crippen LogP contribution is -2.09. The summed E-state index contributed by atoms with van der Waals surface area (Å²) in [6.07, 6.45) is 1.88. The van der Waals surface area contributed by atoms with Gasteiger partial charge in [0.05, 0.1) is 6.61 Å². The summed E-state index contributed by atoms with van der Waals surface area (Å²) in [6, 6.07) is 7.68. The predicted molar refractivity (Wildman–Crippen MR) is 76.2 cm³/mol. The van der Waals surface area contributed by atoms with Gasteiger partial charge < -0.3 is 9.84 Å². The molecule has 3 heteroatoms. The van der Waals surface area contributed by atoms with E-state index in [1.165, 1.54) is 0 Å². The van der Waals surface area contributed by atoms with Gasteiger partial charge in [-0.15, -0.1) is 0 Å². The number of aliphatic hydroxyl groups is 1. The summed E-state index contributed by atoms with van der Waals surface area (Å²) in [4.78, 5) is 0. The van der Waals surface area contributed by atoms with Gasteiger partial charge in [-0.25, -0.2) is 0 Å². The van der Waals surface area contributed by atoms with Crippen LogP contribution in [0.2, 0.25) is 5.02 Å². The van der Waals surface area contributed by atoms with Crippen LogP contribution in [0.15, 0.2) is 24.3 Å². The smallest absolute Gasteiger partial charge is 0.0501 e. The monoisotopic (exact) mass is 270 g/mol. The highest BCUT2D eigenvalue weighted by Gasteiger charge is 2.13. The lowest BCUT2D eigenvalue weighted by Gasteiger charge is -2.16. The van der Waals surface area contributed by atoms with Crippen LogP contribution < -0.4 is 0 Å². The summed E-state index contributed by atoms with van der Waals surface area (Å²) in [6.45, 7) is 5.94. The SMILES string of the molecule is CC(C)CCOCCC(CO)c1ccccc1Cl.